The van der Waals surface area contributed by atoms with Crippen molar-refractivity contribution in [3.05, 3.63) is 47.7 Å². The minimum Gasteiger partial charge on any atom is -0.461 e. The lowest BCUT2D eigenvalue weighted by atomic mass is 10.0. The minimum atomic E-state index is -0.219. The maximum Gasteiger partial charge on any atom is 0.209 e. The molecule has 0 aliphatic heterocycles. The number of carbonyl (C=O) groups is 1. The van der Waals surface area contributed by atoms with Crippen LogP contribution in [0.4, 0.5) is 0 Å². The SMILES string of the molecule is C#CC(=O)Cc1ccccc1-c1ccc(CCCBr)o1. The van der Waals surface area contributed by atoms with E-state index in [0.717, 1.165) is 40.8 Å². The van der Waals surface area contributed by atoms with E-state index in [0.29, 0.717) is 0 Å². The predicted molar refractivity (Wildman–Crippen MR) is 83.8 cm³/mol. The third-order valence-electron chi connectivity index (χ3n) is 3.01. The Labute approximate surface area is 127 Å². The number of alkyl halides is 1. The molecule has 0 aliphatic rings. The van der Waals surface area contributed by atoms with Crippen molar-refractivity contribution in [1.82, 2.24) is 0 Å². The molecule has 3 heteroatoms. The molecule has 0 saturated carbocycles. The van der Waals surface area contributed by atoms with E-state index < -0.39 is 0 Å². The lowest BCUT2D eigenvalue weighted by Gasteiger charge is -2.05. The minimum absolute atomic E-state index is 0.219. The van der Waals surface area contributed by atoms with Gasteiger partial charge in [-0.15, -0.1) is 6.42 Å². The highest BCUT2D eigenvalue weighted by Gasteiger charge is 2.11. The van der Waals surface area contributed by atoms with Crippen molar-refractivity contribution >= 4 is 21.7 Å². The number of hydrogen-bond acceptors (Lipinski definition) is 2. The summed E-state index contributed by atoms with van der Waals surface area (Å²) in [7, 11) is 0. The Kier molecular flexibility index (Phi) is 5.20. The number of rotatable bonds is 6. The number of carbonyl (C=O) groups excluding carboxylic acids is 1. The summed E-state index contributed by atoms with van der Waals surface area (Å²) in [6.07, 6.45) is 7.31. The van der Waals surface area contributed by atoms with Crippen molar-refractivity contribution in [1.29, 1.82) is 0 Å². The fraction of sp³-hybridized carbons (Fsp3) is 0.235. The summed E-state index contributed by atoms with van der Waals surface area (Å²) in [5.74, 6) is 3.67. The van der Waals surface area contributed by atoms with Gasteiger partial charge in [-0.05, 0) is 30.0 Å². The first-order valence-corrected chi connectivity index (χ1v) is 7.59. The molecule has 1 aromatic heterocycles. The zero-order valence-electron chi connectivity index (χ0n) is 11.1. The normalized spacial score (nSPS) is 10.2. The quantitative estimate of drug-likeness (QED) is 0.455. The van der Waals surface area contributed by atoms with Crippen molar-refractivity contribution in [2.24, 2.45) is 0 Å². The second-order valence-electron chi connectivity index (χ2n) is 4.46. The molecule has 2 aromatic rings. The van der Waals surface area contributed by atoms with Gasteiger partial charge in [-0.25, -0.2) is 0 Å². The highest BCUT2D eigenvalue weighted by Crippen LogP contribution is 2.26. The Morgan fingerprint density at radius 1 is 1.25 bits per heavy atom. The van der Waals surface area contributed by atoms with Crippen LogP contribution in [0.1, 0.15) is 17.7 Å². The maximum atomic E-state index is 11.4. The Morgan fingerprint density at radius 3 is 2.80 bits per heavy atom. The van der Waals surface area contributed by atoms with Crippen LogP contribution >= 0.6 is 15.9 Å². The highest BCUT2D eigenvalue weighted by atomic mass is 79.9. The topological polar surface area (TPSA) is 30.2 Å². The van der Waals surface area contributed by atoms with E-state index in [9.17, 15) is 4.79 Å². The smallest absolute Gasteiger partial charge is 0.209 e. The first-order chi connectivity index (χ1) is 9.74. The van der Waals surface area contributed by atoms with Gasteiger partial charge in [0.15, 0.2) is 0 Å². The predicted octanol–water partition coefficient (Wildman–Crippen LogP) is 4.02. The molecule has 0 radical (unpaired) electrons. The van der Waals surface area contributed by atoms with Gasteiger partial charge in [-0.2, -0.15) is 0 Å². The Morgan fingerprint density at radius 2 is 2.05 bits per heavy atom. The van der Waals surface area contributed by atoms with E-state index in [-0.39, 0.29) is 12.2 Å². The molecule has 2 nitrogen and oxygen atoms in total. The largest absolute Gasteiger partial charge is 0.461 e. The molecule has 0 bridgehead atoms. The molecule has 0 N–H and O–H groups in total. The summed E-state index contributed by atoms with van der Waals surface area (Å²) >= 11 is 3.41. The number of furan rings is 1. The summed E-state index contributed by atoms with van der Waals surface area (Å²) in [6.45, 7) is 0. The first-order valence-electron chi connectivity index (χ1n) is 6.47. The van der Waals surface area contributed by atoms with Crippen molar-refractivity contribution in [3.8, 4) is 23.7 Å². The van der Waals surface area contributed by atoms with Gasteiger partial charge in [0, 0.05) is 23.7 Å². The van der Waals surface area contributed by atoms with E-state index in [1.807, 2.05) is 36.4 Å². The van der Waals surface area contributed by atoms with E-state index in [2.05, 4.69) is 21.9 Å². The van der Waals surface area contributed by atoms with Gasteiger partial charge in [-0.3, -0.25) is 4.79 Å². The zero-order valence-corrected chi connectivity index (χ0v) is 12.7. The molecule has 0 saturated heterocycles. The van der Waals surface area contributed by atoms with Crippen LogP contribution in [-0.2, 0) is 17.6 Å². The number of halogens is 1. The molecular formula is C17H15BrO2. The number of ketones is 1. The summed E-state index contributed by atoms with van der Waals surface area (Å²) in [5.41, 5.74) is 1.83. The van der Waals surface area contributed by atoms with Crippen LogP contribution in [0.3, 0.4) is 0 Å². The number of benzene rings is 1. The average Bonchev–Trinajstić information content (AvgIpc) is 2.94. The molecule has 0 fully saturated rings. The molecule has 0 atom stereocenters. The molecule has 102 valence electrons. The van der Waals surface area contributed by atoms with Crippen LogP contribution < -0.4 is 0 Å². The summed E-state index contributed by atoms with van der Waals surface area (Å²) < 4.78 is 5.84. The Hall–Kier alpha value is -1.79. The van der Waals surface area contributed by atoms with Crippen LogP contribution in [0.25, 0.3) is 11.3 Å². The van der Waals surface area contributed by atoms with Crippen LogP contribution in [0.15, 0.2) is 40.8 Å². The van der Waals surface area contributed by atoms with Crippen LogP contribution in [0.5, 0.6) is 0 Å². The lowest BCUT2D eigenvalue weighted by molar-refractivity contribution is -0.113. The molecule has 0 aliphatic carbocycles. The van der Waals surface area contributed by atoms with Crippen LogP contribution in [0, 0.1) is 12.3 Å². The van der Waals surface area contributed by atoms with Gasteiger partial charge in [0.1, 0.15) is 11.5 Å². The standard InChI is InChI=1S/C17H15BrO2/c1-2-14(19)12-13-6-3-4-8-16(13)17-10-9-15(20-17)7-5-11-18/h1,3-4,6,8-10H,5,7,11-12H2. The number of Topliss-reactive ketones (excluding diaryl/α,β-unsaturated/α-hetero) is 1. The number of aryl methyl sites for hydroxylation is 1. The Bertz CT molecular complexity index is 634. The van der Waals surface area contributed by atoms with Gasteiger partial charge in [0.25, 0.3) is 0 Å². The van der Waals surface area contributed by atoms with E-state index in [1.54, 1.807) is 0 Å². The highest BCUT2D eigenvalue weighted by molar-refractivity contribution is 9.09. The van der Waals surface area contributed by atoms with Crippen molar-refractivity contribution in [2.45, 2.75) is 19.3 Å². The molecule has 0 amide bonds. The second-order valence-corrected chi connectivity index (χ2v) is 5.25. The van der Waals surface area contributed by atoms with Gasteiger partial charge in [-0.1, -0.05) is 40.2 Å². The maximum absolute atomic E-state index is 11.4. The molecule has 1 aromatic carbocycles. The van der Waals surface area contributed by atoms with Gasteiger partial charge in [0.2, 0.25) is 5.78 Å². The number of hydrogen-bond donors (Lipinski definition) is 0. The molecule has 0 unspecified atom stereocenters. The van der Waals surface area contributed by atoms with Gasteiger partial charge >= 0.3 is 0 Å². The monoisotopic (exact) mass is 330 g/mol. The second kappa shape index (κ2) is 7.12. The first kappa shape index (κ1) is 14.6. The Balaban J connectivity index is 2.26. The molecule has 1 heterocycles. The molecule has 2 rings (SSSR count). The van der Waals surface area contributed by atoms with Crippen molar-refractivity contribution < 1.29 is 9.21 Å². The van der Waals surface area contributed by atoms with Gasteiger partial charge < -0.3 is 4.42 Å². The van der Waals surface area contributed by atoms with Gasteiger partial charge in [0.05, 0.1) is 0 Å². The third-order valence-corrected chi connectivity index (χ3v) is 3.57. The van der Waals surface area contributed by atoms with Crippen LogP contribution in [-0.4, -0.2) is 11.1 Å². The fourth-order valence-electron chi connectivity index (χ4n) is 2.04. The molecule has 0 spiro atoms. The van der Waals surface area contributed by atoms with Crippen LogP contribution in [0.2, 0.25) is 0 Å². The molecular weight excluding hydrogens is 316 g/mol. The lowest BCUT2D eigenvalue weighted by Crippen LogP contribution is -2.00. The van der Waals surface area contributed by atoms with E-state index >= 15 is 0 Å². The molecule has 20 heavy (non-hydrogen) atoms. The third kappa shape index (κ3) is 3.61. The summed E-state index contributed by atoms with van der Waals surface area (Å²) in [4.78, 5) is 11.4. The van der Waals surface area contributed by atoms with Crippen molar-refractivity contribution in [3.63, 3.8) is 0 Å². The summed E-state index contributed by atoms with van der Waals surface area (Å²) in [6, 6.07) is 11.6. The zero-order chi connectivity index (χ0) is 14.4. The summed E-state index contributed by atoms with van der Waals surface area (Å²) in [5, 5.41) is 0.955. The van der Waals surface area contributed by atoms with E-state index in [1.165, 1.54) is 0 Å². The average molecular weight is 331 g/mol. The fourth-order valence-corrected chi connectivity index (χ4v) is 2.32. The number of terminal acetylenes is 1. The van der Waals surface area contributed by atoms with Crippen molar-refractivity contribution in [2.75, 3.05) is 5.33 Å². The van der Waals surface area contributed by atoms with E-state index in [4.69, 9.17) is 10.8 Å².